The van der Waals surface area contributed by atoms with Gasteiger partial charge < -0.3 is 4.74 Å². The molecular weight excluding hydrogens is 176 g/mol. The molecule has 0 aliphatic carbocycles. The summed E-state index contributed by atoms with van der Waals surface area (Å²) in [4.78, 5) is 11.7. The lowest BCUT2D eigenvalue weighted by atomic mass is 9.98. The summed E-state index contributed by atoms with van der Waals surface area (Å²) >= 11 is 0. The molecule has 14 heavy (non-hydrogen) atoms. The Balaban J connectivity index is 1.95. The molecule has 0 N–H and O–H groups in total. The third-order valence-corrected chi connectivity index (χ3v) is 2.59. The summed E-state index contributed by atoms with van der Waals surface area (Å²) in [5, 5.41) is 0. The van der Waals surface area contributed by atoms with Gasteiger partial charge in [0.1, 0.15) is 0 Å². The van der Waals surface area contributed by atoms with Crippen molar-refractivity contribution < 1.29 is 9.53 Å². The van der Waals surface area contributed by atoms with Gasteiger partial charge in [-0.3, -0.25) is 4.79 Å². The minimum atomic E-state index is 0.237. The Labute approximate surface area is 83.9 Å². The fourth-order valence-corrected chi connectivity index (χ4v) is 1.75. The van der Waals surface area contributed by atoms with Gasteiger partial charge in [-0.05, 0) is 12.3 Å². The quantitative estimate of drug-likeness (QED) is 0.683. The zero-order valence-corrected chi connectivity index (χ0v) is 8.11. The minimum absolute atomic E-state index is 0.237. The number of benzene rings is 1. The van der Waals surface area contributed by atoms with Crippen LogP contribution in [0.4, 0.5) is 0 Å². The number of hydrogen-bond acceptors (Lipinski definition) is 2. The van der Waals surface area contributed by atoms with Gasteiger partial charge in [0.15, 0.2) is 5.78 Å². The molecule has 1 aromatic carbocycles. The lowest BCUT2D eigenvalue weighted by molar-refractivity contribution is 0.0953. The Morgan fingerprint density at radius 2 is 2.14 bits per heavy atom. The van der Waals surface area contributed by atoms with Crippen molar-refractivity contribution in [2.45, 2.75) is 12.8 Å². The lowest BCUT2D eigenvalue weighted by Crippen LogP contribution is -2.08. The first-order valence-electron chi connectivity index (χ1n) is 5.02. The molecule has 1 aliphatic rings. The molecule has 2 nitrogen and oxygen atoms in total. The Kier molecular flexibility index (Phi) is 2.94. The van der Waals surface area contributed by atoms with Crippen molar-refractivity contribution in [1.29, 1.82) is 0 Å². The van der Waals surface area contributed by atoms with E-state index in [0.29, 0.717) is 12.3 Å². The monoisotopic (exact) mass is 190 g/mol. The lowest BCUT2D eigenvalue weighted by Gasteiger charge is -2.05. The second kappa shape index (κ2) is 4.38. The summed E-state index contributed by atoms with van der Waals surface area (Å²) in [7, 11) is 0. The van der Waals surface area contributed by atoms with Crippen LogP contribution in [0.1, 0.15) is 23.2 Å². The average Bonchev–Trinajstić information content (AvgIpc) is 2.72. The van der Waals surface area contributed by atoms with Crippen LogP contribution < -0.4 is 0 Å². The maximum atomic E-state index is 11.7. The van der Waals surface area contributed by atoms with E-state index in [1.54, 1.807) is 0 Å². The van der Waals surface area contributed by atoms with E-state index in [0.717, 1.165) is 25.2 Å². The first-order chi connectivity index (χ1) is 6.86. The zero-order chi connectivity index (χ0) is 9.80. The average molecular weight is 190 g/mol. The van der Waals surface area contributed by atoms with Gasteiger partial charge in [-0.15, -0.1) is 0 Å². The standard InChI is InChI=1S/C12H14O2/c13-12(8-10-6-7-14-9-10)11-4-2-1-3-5-11/h1-5,10H,6-9H2/t10-/m0/s1. The normalized spacial score (nSPS) is 21.0. The van der Waals surface area contributed by atoms with E-state index in [1.807, 2.05) is 30.3 Å². The minimum Gasteiger partial charge on any atom is -0.381 e. The number of carbonyl (C=O) groups excluding carboxylic acids is 1. The Morgan fingerprint density at radius 3 is 2.79 bits per heavy atom. The van der Waals surface area contributed by atoms with Gasteiger partial charge in [-0.25, -0.2) is 0 Å². The molecule has 2 heteroatoms. The highest BCUT2D eigenvalue weighted by atomic mass is 16.5. The number of rotatable bonds is 3. The molecule has 1 fully saturated rings. The fraction of sp³-hybridized carbons (Fsp3) is 0.417. The van der Waals surface area contributed by atoms with E-state index in [9.17, 15) is 4.79 Å². The van der Waals surface area contributed by atoms with Gasteiger partial charge in [0, 0.05) is 25.2 Å². The molecule has 1 saturated heterocycles. The first kappa shape index (κ1) is 9.41. The van der Waals surface area contributed by atoms with Crippen LogP contribution in [-0.4, -0.2) is 19.0 Å². The summed E-state index contributed by atoms with van der Waals surface area (Å²) in [6.45, 7) is 1.56. The maximum Gasteiger partial charge on any atom is 0.163 e. The smallest absolute Gasteiger partial charge is 0.163 e. The van der Waals surface area contributed by atoms with Crippen molar-refractivity contribution in [3.05, 3.63) is 35.9 Å². The van der Waals surface area contributed by atoms with Crippen LogP contribution in [0.25, 0.3) is 0 Å². The van der Waals surface area contributed by atoms with Crippen molar-refractivity contribution >= 4 is 5.78 Å². The molecule has 1 aliphatic heterocycles. The molecule has 2 rings (SSSR count). The SMILES string of the molecule is O=C(C[C@@H]1CCOC1)c1ccccc1. The molecule has 0 saturated carbocycles. The third-order valence-electron chi connectivity index (χ3n) is 2.59. The van der Waals surface area contributed by atoms with E-state index in [-0.39, 0.29) is 5.78 Å². The van der Waals surface area contributed by atoms with Crippen LogP contribution in [0.2, 0.25) is 0 Å². The number of ketones is 1. The van der Waals surface area contributed by atoms with Crippen LogP contribution >= 0.6 is 0 Å². The number of carbonyl (C=O) groups is 1. The van der Waals surface area contributed by atoms with Gasteiger partial charge >= 0.3 is 0 Å². The van der Waals surface area contributed by atoms with Crippen molar-refractivity contribution in [3.63, 3.8) is 0 Å². The van der Waals surface area contributed by atoms with E-state index < -0.39 is 0 Å². The van der Waals surface area contributed by atoms with Gasteiger partial charge in [-0.2, -0.15) is 0 Å². The highest BCUT2D eigenvalue weighted by molar-refractivity contribution is 5.96. The highest BCUT2D eigenvalue weighted by Gasteiger charge is 2.19. The summed E-state index contributed by atoms with van der Waals surface area (Å²) in [6.07, 6.45) is 1.66. The molecule has 0 bridgehead atoms. The van der Waals surface area contributed by atoms with Crippen molar-refractivity contribution in [2.24, 2.45) is 5.92 Å². The van der Waals surface area contributed by atoms with Gasteiger partial charge in [0.2, 0.25) is 0 Å². The topological polar surface area (TPSA) is 26.3 Å². The van der Waals surface area contributed by atoms with Crippen LogP contribution in [-0.2, 0) is 4.74 Å². The van der Waals surface area contributed by atoms with Crippen LogP contribution in [0.3, 0.4) is 0 Å². The highest BCUT2D eigenvalue weighted by Crippen LogP contribution is 2.18. The van der Waals surface area contributed by atoms with E-state index in [4.69, 9.17) is 4.74 Å². The Bertz CT molecular complexity index is 299. The van der Waals surface area contributed by atoms with Gasteiger partial charge in [0.25, 0.3) is 0 Å². The first-order valence-corrected chi connectivity index (χ1v) is 5.02. The predicted octanol–water partition coefficient (Wildman–Crippen LogP) is 2.30. The van der Waals surface area contributed by atoms with Gasteiger partial charge in [0.05, 0.1) is 0 Å². The van der Waals surface area contributed by atoms with Crippen LogP contribution in [0, 0.1) is 5.92 Å². The van der Waals surface area contributed by atoms with E-state index in [1.165, 1.54) is 0 Å². The molecule has 0 radical (unpaired) electrons. The second-order valence-corrected chi connectivity index (χ2v) is 3.72. The molecule has 0 aromatic heterocycles. The molecule has 1 heterocycles. The summed E-state index contributed by atoms with van der Waals surface area (Å²) in [5.41, 5.74) is 0.819. The third kappa shape index (κ3) is 2.20. The van der Waals surface area contributed by atoms with Gasteiger partial charge in [-0.1, -0.05) is 30.3 Å². The molecule has 0 spiro atoms. The second-order valence-electron chi connectivity index (χ2n) is 3.72. The predicted molar refractivity (Wildman–Crippen MR) is 54.3 cm³/mol. The molecule has 1 aromatic rings. The summed E-state index contributed by atoms with van der Waals surface area (Å²) < 4.78 is 5.24. The number of Topliss-reactive ketones (excluding diaryl/α,β-unsaturated/α-hetero) is 1. The Morgan fingerprint density at radius 1 is 1.36 bits per heavy atom. The molecule has 1 atom stereocenters. The van der Waals surface area contributed by atoms with Crippen molar-refractivity contribution in [2.75, 3.05) is 13.2 Å². The number of hydrogen-bond donors (Lipinski definition) is 0. The van der Waals surface area contributed by atoms with Crippen molar-refractivity contribution in [1.82, 2.24) is 0 Å². The van der Waals surface area contributed by atoms with Crippen molar-refractivity contribution in [3.8, 4) is 0 Å². The van der Waals surface area contributed by atoms with Crippen LogP contribution in [0.5, 0.6) is 0 Å². The van der Waals surface area contributed by atoms with Crippen LogP contribution in [0.15, 0.2) is 30.3 Å². The molecule has 74 valence electrons. The zero-order valence-electron chi connectivity index (χ0n) is 8.11. The van der Waals surface area contributed by atoms with E-state index >= 15 is 0 Å². The van der Waals surface area contributed by atoms with E-state index in [2.05, 4.69) is 0 Å². The molecule has 0 unspecified atom stereocenters. The molecular formula is C12H14O2. The molecule has 0 amide bonds. The maximum absolute atomic E-state index is 11.7. The number of ether oxygens (including phenoxy) is 1. The Hall–Kier alpha value is -1.15. The largest absolute Gasteiger partial charge is 0.381 e. The summed E-state index contributed by atoms with van der Waals surface area (Å²) in [6, 6.07) is 9.47. The summed E-state index contributed by atoms with van der Waals surface area (Å²) in [5.74, 6) is 0.670. The fourth-order valence-electron chi connectivity index (χ4n) is 1.75.